The molecule has 1 heterocycles. The van der Waals surface area contributed by atoms with E-state index in [1.807, 2.05) is 0 Å². The van der Waals surface area contributed by atoms with Crippen molar-refractivity contribution in [3.05, 3.63) is 41.5 Å². The zero-order valence-electron chi connectivity index (χ0n) is 12.3. The summed E-state index contributed by atoms with van der Waals surface area (Å²) in [6, 6.07) is 6.37. The molecular formula is C15H14O10. The largest absolute Gasteiger partial charge is 0.504 e. The lowest BCUT2D eigenvalue weighted by molar-refractivity contribution is -0.462. The second-order valence-corrected chi connectivity index (χ2v) is 5.56. The third-order valence-electron chi connectivity index (χ3n) is 4.11. The Bertz CT molecular complexity index is 845. The monoisotopic (exact) mass is 354 g/mol. The minimum atomic E-state index is -3.72. The molecule has 3 rings (SSSR count). The molecule has 0 fully saturated rings. The smallest absolute Gasteiger partial charge is 0.363 e. The second-order valence-electron chi connectivity index (χ2n) is 5.56. The van der Waals surface area contributed by atoms with E-state index >= 15 is 0 Å². The molecule has 0 saturated heterocycles. The van der Waals surface area contributed by atoms with Crippen LogP contribution in [0.4, 0.5) is 0 Å². The number of ether oxygens (including phenoxy) is 1. The highest BCUT2D eigenvalue weighted by molar-refractivity contribution is 5.70. The molecule has 0 saturated carbocycles. The Balaban J connectivity index is 2.42. The van der Waals surface area contributed by atoms with E-state index in [1.165, 1.54) is 18.2 Å². The Morgan fingerprint density at radius 3 is 1.76 bits per heavy atom. The van der Waals surface area contributed by atoms with Gasteiger partial charge in [-0.1, -0.05) is 30.3 Å². The van der Waals surface area contributed by atoms with Crippen LogP contribution in [0.25, 0.3) is 0 Å². The van der Waals surface area contributed by atoms with Gasteiger partial charge in [0.2, 0.25) is 28.6 Å². The predicted octanol–water partition coefficient (Wildman–Crippen LogP) is -1.44. The molecule has 2 aromatic carbocycles. The zero-order valence-corrected chi connectivity index (χ0v) is 12.3. The van der Waals surface area contributed by atoms with Crippen molar-refractivity contribution in [2.75, 3.05) is 0 Å². The molecule has 2 aromatic rings. The highest BCUT2D eigenvalue weighted by Crippen LogP contribution is 2.62. The van der Waals surface area contributed by atoms with Gasteiger partial charge in [0.1, 0.15) is 5.56 Å². The van der Waals surface area contributed by atoms with Crippen molar-refractivity contribution >= 4 is 0 Å². The molecule has 10 heteroatoms. The quantitative estimate of drug-likeness (QED) is 0.166. The van der Waals surface area contributed by atoms with Crippen LogP contribution in [0.1, 0.15) is 11.1 Å². The zero-order chi connectivity index (χ0) is 18.8. The lowest BCUT2D eigenvalue weighted by Crippen LogP contribution is -2.69. The Hall–Kier alpha value is -2.76. The van der Waals surface area contributed by atoms with Gasteiger partial charge >= 0.3 is 5.97 Å². The number of aliphatic hydroxyl groups is 5. The summed E-state index contributed by atoms with van der Waals surface area (Å²) in [6.07, 6.45) is 0. The average Bonchev–Trinajstić information content (AvgIpc) is 2.56. The van der Waals surface area contributed by atoms with Gasteiger partial charge in [-0.15, -0.1) is 0 Å². The van der Waals surface area contributed by atoms with Gasteiger partial charge in [-0.25, -0.2) is 0 Å². The van der Waals surface area contributed by atoms with Crippen molar-refractivity contribution in [1.82, 2.24) is 0 Å². The average molecular weight is 354 g/mol. The summed E-state index contributed by atoms with van der Waals surface area (Å²) in [7, 11) is 0. The molecule has 0 spiro atoms. The Morgan fingerprint density at radius 1 is 0.680 bits per heavy atom. The van der Waals surface area contributed by atoms with Crippen molar-refractivity contribution in [2.45, 2.75) is 17.4 Å². The predicted molar refractivity (Wildman–Crippen MR) is 77.4 cm³/mol. The molecule has 134 valence electrons. The molecule has 0 bridgehead atoms. The maximum atomic E-state index is 10.8. The number of phenols is 4. The molecule has 9 N–H and O–H groups in total. The topological polar surface area (TPSA) is 191 Å². The van der Waals surface area contributed by atoms with Crippen LogP contribution < -0.4 is 4.74 Å². The molecule has 1 aliphatic rings. The highest BCUT2D eigenvalue weighted by Gasteiger charge is 2.71. The highest BCUT2D eigenvalue weighted by atomic mass is 16.8. The third-order valence-corrected chi connectivity index (χ3v) is 4.11. The van der Waals surface area contributed by atoms with Gasteiger partial charge in [-0.3, -0.25) is 0 Å². The van der Waals surface area contributed by atoms with Gasteiger partial charge in [0, 0.05) is 0 Å². The van der Waals surface area contributed by atoms with E-state index in [1.54, 1.807) is 0 Å². The molecule has 1 aliphatic heterocycles. The van der Waals surface area contributed by atoms with E-state index in [9.17, 15) is 46.0 Å². The van der Waals surface area contributed by atoms with Crippen molar-refractivity contribution in [1.29, 1.82) is 0 Å². The van der Waals surface area contributed by atoms with E-state index < -0.39 is 57.2 Å². The van der Waals surface area contributed by atoms with Crippen LogP contribution in [0.15, 0.2) is 30.3 Å². The minimum Gasteiger partial charge on any atom is -0.504 e. The fraction of sp³-hybridized carbons (Fsp3) is 0.200. The SMILES string of the molecule is Oc1c(O)c(O)c2c(c1O)OC(O)(O)C(O)(c1ccccc1)C2(O)O. The second kappa shape index (κ2) is 4.88. The van der Waals surface area contributed by atoms with E-state index in [4.69, 9.17) is 0 Å². The van der Waals surface area contributed by atoms with Crippen LogP contribution in [0.3, 0.4) is 0 Å². The van der Waals surface area contributed by atoms with E-state index in [0.29, 0.717) is 0 Å². The van der Waals surface area contributed by atoms with Gasteiger partial charge in [0.05, 0.1) is 0 Å². The van der Waals surface area contributed by atoms with Gasteiger partial charge < -0.3 is 50.7 Å². The molecule has 0 amide bonds. The lowest BCUT2D eigenvalue weighted by atomic mass is 9.76. The van der Waals surface area contributed by atoms with Crippen molar-refractivity contribution in [2.24, 2.45) is 0 Å². The molecule has 1 atom stereocenters. The van der Waals surface area contributed by atoms with Gasteiger partial charge in [-0.2, -0.15) is 0 Å². The molecule has 0 aliphatic carbocycles. The molecular weight excluding hydrogens is 340 g/mol. The van der Waals surface area contributed by atoms with Crippen LogP contribution in [0.5, 0.6) is 28.7 Å². The fourth-order valence-corrected chi connectivity index (χ4v) is 2.79. The van der Waals surface area contributed by atoms with Crippen LogP contribution in [-0.2, 0) is 11.4 Å². The molecule has 25 heavy (non-hydrogen) atoms. The van der Waals surface area contributed by atoms with Crippen LogP contribution >= 0.6 is 0 Å². The molecule has 0 aromatic heterocycles. The standard InChI is InChI=1S/C15H14O10/c16-8-7-12(11(19)10(18)9(8)17)25-15(23,24)13(20,14(7,21)22)6-4-2-1-3-5-6/h1-5,16-24H. The first-order valence-corrected chi connectivity index (χ1v) is 6.83. The van der Waals surface area contributed by atoms with Crippen LogP contribution in [-0.4, -0.2) is 51.9 Å². The number of phenolic OH excluding ortho intramolecular Hbond substituents is 4. The summed E-state index contributed by atoms with van der Waals surface area (Å²) in [5.74, 6) is -13.9. The first kappa shape index (κ1) is 17.1. The third kappa shape index (κ3) is 1.91. The molecule has 1 unspecified atom stereocenters. The van der Waals surface area contributed by atoms with E-state index in [-0.39, 0.29) is 0 Å². The number of hydrogen-bond donors (Lipinski definition) is 9. The van der Waals surface area contributed by atoms with E-state index in [0.717, 1.165) is 12.1 Å². The van der Waals surface area contributed by atoms with Gasteiger partial charge in [0.15, 0.2) is 11.5 Å². The summed E-state index contributed by atoms with van der Waals surface area (Å²) in [5, 5.41) is 90.8. The molecule has 0 radical (unpaired) electrons. The van der Waals surface area contributed by atoms with Crippen LogP contribution in [0.2, 0.25) is 0 Å². The summed E-state index contributed by atoms with van der Waals surface area (Å²) >= 11 is 0. The first-order valence-electron chi connectivity index (χ1n) is 6.83. The summed E-state index contributed by atoms with van der Waals surface area (Å²) in [5.41, 5.74) is -5.02. The Labute approximate surface area is 139 Å². The van der Waals surface area contributed by atoms with Crippen molar-refractivity contribution in [3.63, 3.8) is 0 Å². The number of fused-ring (bicyclic) bond motifs is 1. The summed E-state index contributed by atoms with van der Waals surface area (Å²) < 4.78 is 4.63. The summed E-state index contributed by atoms with van der Waals surface area (Å²) in [6.45, 7) is 0. The normalized spacial score (nSPS) is 23.6. The lowest BCUT2D eigenvalue weighted by Gasteiger charge is -2.49. The number of benzene rings is 2. The van der Waals surface area contributed by atoms with Gasteiger partial charge in [-0.05, 0) is 5.56 Å². The number of aromatic hydroxyl groups is 4. The maximum absolute atomic E-state index is 10.8. The van der Waals surface area contributed by atoms with Crippen molar-refractivity contribution in [3.8, 4) is 28.7 Å². The number of rotatable bonds is 1. The minimum absolute atomic E-state index is 0.442. The van der Waals surface area contributed by atoms with Crippen LogP contribution in [0, 0.1) is 0 Å². The Morgan fingerprint density at radius 2 is 1.20 bits per heavy atom. The van der Waals surface area contributed by atoms with Gasteiger partial charge in [0.25, 0.3) is 0 Å². The van der Waals surface area contributed by atoms with E-state index in [2.05, 4.69) is 4.74 Å². The first-order chi connectivity index (χ1) is 11.5. The maximum Gasteiger partial charge on any atom is 0.363 e. The van der Waals surface area contributed by atoms with Crippen molar-refractivity contribution < 1.29 is 50.7 Å². The molecule has 10 nitrogen and oxygen atoms in total. The number of hydrogen-bond acceptors (Lipinski definition) is 10. The fourth-order valence-electron chi connectivity index (χ4n) is 2.79. The summed E-state index contributed by atoms with van der Waals surface area (Å²) in [4.78, 5) is 0. The Kier molecular flexibility index (Phi) is 3.33.